The summed E-state index contributed by atoms with van der Waals surface area (Å²) < 4.78 is 5.22. The van der Waals surface area contributed by atoms with Gasteiger partial charge in [-0.1, -0.05) is 98.8 Å². The van der Waals surface area contributed by atoms with Crippen LogP contribution in [0.1, 0.15) is 36.1 Å². The topological polar surface area (TPSA) is 66.8 Å². The summed E-state index contributed by atoms with van der Waals surface area (Å²) in [6, 6.07) is 35.6. The van der Waals surface area contributed by atoms with Gasteiger partial charge in [0.15, 0.2) is 0 Å². The van der Waals surface area contributed by atoms with Crippen LogP contribution < -0.4 is 0 Å². The standard InChI is InChI=1S/C18H18O4.C18H22/c19-15-5-1-3-12(8-15)7-14-11-22-18(21)17(14)10-13-4-2-6-16(20)9-13;1-15(13-17-9-5-3-6-10-17)16(2)14-18-11-7-4-8-12-18/h1-6,8-9,14,17,19-20H,7,10-11H2;3-12,15-16H,13-14H2,1-2H3/t14-,17+;/m0./s1. The second-order valence-electron chi connectivity index (χ2n) is 11.1. The Morgan fingerprint density at radius 1 is 0.650 bits per heavy atom. The highest BCUT2D eigenvalue weighted by Crippen LogP contribution is 2.30. The molecule has 4 aromatic rings. The van der Waals surface area contributed by atoms with Crippen LogP contribution in [0, 0.1) is 23.7 Å². The van der Waals surface area contributed by atoms with Crippen LogP contribution in [0.3, 0.4) is 0 Å². The van der Waals surface area contributed by atoms with Gasteiger partial charge in [-0.2, -0.15) is 0 Å². The van der Waals surface area contributed by atoms with E-state index in [1.54, 1.807) is 36.4 Å². The van der Waals surface area contributed by atoms with Crippen LogP contribution in [-0.2, 0) is 35.2 Å². The number of phenolic OH excluding ortho intramolecular Hbond substituents is 2. The normalized spacial score (nSPS) is 17.8. The Morgan fingerprint density at radius 3 is 1.57 bits per heavy atom. The zero-order valence-corrected chi connectivity index (χ0v) is 23.4. The third kappa shape index (κ3) is 8.74. The van der Waals surface area contributed by atoms with E-state index in [-0.39, 0.29) is 29.3 Å². The molecule has 4 nitrogen and oxygen atoms in total. The lowest BCUT2D eigenvalue weighted by atomic mass is 9.85. The maximum Gasteiger partial charge on any atom is 0.309 e. The molecule has 0 amide bonds. The van der Waals surface area contributed by atoms with Crippen LogP contribution in [0.2, 0.25) is 0 Å². The van der Waals surface area contributed by atoms with Gasteiger partial charge in [-0.05, 0) is 84.0 Å². The molecule has 1 aliphatic heterocycles. The maximum absolute atomic E-state index is 12.0. The molecule has 4 atom stereocenters. The number of hydrogen-bond acceptors (Lipinski definition) is 4. The van der Waals surface area contributed by atoms with Crippen molar-refractivity contribution in [3.63, 3.8) is 0 Å². The maximum atomic E-state index is 12.0. The number of cyclic esters (lactones) is 1. The van der Waals surface area contributed by atoms with Crippen molar-refractivity contribution in [3.8, 4) is 11.5 Å². The molecule has 0 aliphatic carbocycles. The minimum Gasteiger partial charge on any atom is -0.508 e. The third-order valence-electron chi connectivity index (χ3n) is 7.86. The van der Waals surface area contributed by atoms with E-state index in [1.807, 2.05) is 12.1 Å². The predicted octanol–water partition coefficient (Wildman–Crippen LogP) is 7.42. The van der Waals surface area contributed by atoms with E-state index in [0.29, 0.717) is 31.3 Å². The predicted molar refractivity (Wildman–Crippen MR) is 160 cm³/mol. The number of hydrogen-bond donors (Lipinski definition) is 2. The van der Waals surface area contributed by atoms with Crippen molar-refractivity contribution in [2.45, 2.75) is 39.5 Å². The van der Waals surface area contributed by atoms with E-state index in [9.17, 15) is 15.0 Å². The molecule has 1 fully saturated rings. The highest BCUT2D eigenvalue weighted by atomic mass is 16.5. The minimum atomic E-state index is -0.218. The van der Waals surface area contributed by atoms with Crippen molar-refractivity contribution >= 4 is 5.97 Å². The highest BCUT2D eigenvalue weighted by molar-refractivity contribution is 5.75. The minimum absolute atomic E-state index is 0.0802. The zero-order valence-electron chi connectivity index (χ0n) is 23.4. The molecule has 2 unspecified atom stereocenters. The van der Waals surface area contributed by atoms with Crippen LogP contribution in [0.15, 0.2) is 109 Å². The van der Waals surface area contributed by atoms with Crippen LogP contribution in [0.5, 0.6) is 11.5 Å². The van der Waals surface area contributed by atoms with E-state index in [1.165, 1.54) is 24.0 Å². The summed E-state index contributed by atoms with van der Waals surface area (Å²) in [4.78, 5) is 12.0. The molecule has 5 rings (SSSR count). The van der Waals surface area contributed by atoms with Gasteiger partial charge in [0.1, 0.15) is 11.5 Å². The van der Waals surface area contributed by atoms with E-state index in [2.05, 4.69) is 74.5 Å². The smallest absolute Gasteiger partial charge is 0.309 e. The van der Waals surface area contributed by atoms with Crippen LogP contribution in [0.4, 0.5) is 0 Å². The Kier molecular flexibility index (Phi) is 10.4. The van der Waals surface area contributed by atoms with Gasteiger partial charge >= 0.3 is 5.97 Å². The average molecular weight is 537 g/mol. The Bertz CT molecular complexity index is 1290. The van der Waals surface area contributed by atoms with Gasteiger partial charge in [-0.25, -0.2) is 0 Å². The zero-order chi connectivity index (χ0) is 28.3. The summed E-state index contributed by atoms with van der Waals surface area (Å²) in [6.45, 7) is 5.12. The van der Waals surface area contributed by atoms with Crippen molar-refractivity contribution < 1.29 is 19.7 Å². The fraction of sp³-hybridized carbons (Fsp3) is 0.306. The molecule has 1 heterocycles. The first-order valence-electron chi connectivity index (χ1n) is 14.2. The van der Waals surface area contributed by atoms with Crippen molar-refractivity contribution in [1.29, 1.82) is 0 Å². The lowest BCUT2D eigenvalue weighted by Crippen LogP contribution is -2.20. The van der Waals surface area contributed by atoms with Crippen LogP contribution in [-0.4, -0.2) is 22.8 Å². The Hall–Kier alpha value is -4.05. The van der Waals surface area contributed by atoms with Crippen molar-refractivity contribution in [3.05, 3.63) is 131 Å². The molecule has 0 radical (unpaired) electrons. The first-order chi connectivity index (χ1) is 19.4. The summed E-state index contributed by atoms with van der Waals surface area (Å²) in [6.07, 6.45) is 3.59. The lowest BCUT2D eigenvalue weighted by Gasteiger charge is -2.20. The number of aromatic hydroxyl groups is 2. The molecular formula is C36H40O4. The first-order valence-corrected chi connectivity index (χ1v) is 14.2. The Labute approximate surface area is 238 Å². The highest BCUT2D eigenvalue weighted by Gasteiger charge is 2.36. The Balaban J connectivity index is 0.000000189. The number of benzene rings is 4. The molecule has 0 aromatic heterocycles. The molecule has 1 saturated heterocycles. The number of carbonyl (C=O) groups is 1. The molecule has 4 aromatic carbocycles. The second kappa shape index (κ2) is 14.4. The summed E-state index contributed by atoms with van der Waals surface area (Å²) >= 11 is 0. The number of ether oxygens (including phenoxy) is 1. The van der Waals surface area contributed by atoms with E-state index < -0.39 is 0 Å². The molecule has 1 aliphatic rings. The fourth-order valence-corrected chi connectivity index (χ4v) is 5.35. The third-order valence-corrected chi connectivity index (χ3v) is 7.86. The molecule has 40 heavy (non-hydrogen) atoms. The molecule has 0 spiro atoms. The lowest BCUT2D eigenvalue weighted by molar-refractivity contribution is -0.141. The summed E-state index contributed by atoms with van der Waals surface area (Å²) in [5.74, 6) is 1.54. The van der Waals surface area contributed by atoms with Gasteiger partial charge in [0, 0.05) is 5.92 Å². The first kappa shape index (κ1) is 28.9. The van der Waals surface area contributed by atoms with Crippen molar-refractivity contribution in [2.75, 3.05) is 6.61 Å². The molecule has 2 N–H and O–H groups in total. The van der Waals surface area contributed by atoms with E-state index in [0.717, 1.165) is 11.1 Å². The SMILES string of the molecule is CC(Cc1ccccc1)C(C)Cc1ccccc1.O=C1OC[C@H](Cc2cccc(O)c2)[C@H]1Cc1cccc(O)c1. The van der Waals surface area contributed by atoms with E-state index in [4.69, 9.17) is 4.74 Å². The number of phenols is 2. The molecule has 208 valence electrons. The van der Waals surface area contributed by atoms with Crippen molar-refractivity contribution in [1.82, 2.24) is 0 Å². The van der Waals surface area contributed by atoms with Crippen molar-refractivity contribution in [2.24, 2.45) is 23.7 Å². The van der Waals surface area contributed by atoms with Gasteiger partial charge in [0.05, 0.1) is 12.5 Å². The summed E-state index contributed by atoms with van der Waals surface area (Å²) in [5, 5.41) is 19.1. The molecule has 4 heteroatoms. The van der Waals surface area contributed by atoms with Gasteiger partial charge in [-0.15, -0.1) is 0 Å². The average Bonchev–Trinajstić information content (AvgIpc) is 3.28. The van der Waals surface area contributed by atoms with Crippen LogP contribution in [0.25, 0.3) is 0 Å². The summed E-state index contributed by atoms with van der Waals surface area (Å²) in [5.41, 5.74) is 4.81. The monoisotopic (exact) mass is 536 g/mol. The van der Waals surface area contributed by atoms with Gasteiger partial charge in [0.25, 0.3) is 0 Å². The van der Waals surface area contributed by atoms with Gasteiger partial charge in [-0.3, -0.25) is 4.79 Å². The molecular weight excluding hydrogens is 496 g/mol. The molecule has 0 bridgehead atoms. The quantitative estimate of drug-likeness (QED) is 0.219. The second-order valence-corrected chi connectivity index (χ2v) is 11.1. The fourth-order valence-electron chi connectivity index (χ4n) is 5.35. The number of esters is 1. The number of carbonyl (C=O) groups excluding carboxylic acids is 1. The van der Waals surface area contributed by atoms with Gasteiger partial charge in [0.2, 0.25) is 0 Å². The number of rotatable bonds is 9. The Morgan fingerprint density at radius 2 is 1.10 bits per heavy atom. The summed E-state index contributed by atoms with van der Waals surface area (Å²) in [7, 11) is 0. The molecule has 0 saturated carbocycles. The van der Waals surface area contributed by atoms with Gasteiger partial charge < -0.3 is 14.9 Å². The van der Waals surface area contributed by atoms with E-state index >= 15 is 0 Å². The van der Waals surface area contributed by atoms with Crippen LogP contribution >= 0.6 is 0 Å². The largest absolute Gasteiger partial charge is 0.508 e.